The van der Waals surface area contributed by atoms with E-state index in [1.165, 1.54) is 6.21 Å². The van der Waals surface area contributed by atoms with Gasteiger partial charge in [-0.1, -0.05) is 5.16 Å². The molecule has 12 heteroatoms. The molecule has 0 aliphatic heterocycles. The molecule has 2 amide bonds. The number of nitrogens with zero attached hydrogens (tertiary/aromatic N) is 2. The second kappa shape index (κ2) is 20.7. The van der Waals surface area contributed by atoms with E-state index in [4.69, 9.17) is 24.2 Å². The van der Waals surface area contributed by atoms with Crippen LogP contribution in [-0.4, -0.2) is 81.8 Å². The number of amides is 2. The van der Waals surface area contributed by atoms with Crippen molar-refractivity contribution < 1.29 is 50.7 Å². The summed E-state index contributed by atoms with van der Waals surface area (Å²) < 4.78 is 23.4. The molecule has 0 aliphatic rings. The summed E-state index contributed by atoms with van der Waals surface area (Å²) in [4.78, 5) is 23.4. The average Bonchev–Trinajstić information content (AvgIpc) is 2.80. The highest BCUT2D eigenvalue weighted by atomic mass is 35.5. The number of rotatable bonds is 18. The van der Waals surface area contributed by atoms with Gasteiger partial charge in [-0.05, 0) is 33.6 Å². The van der Waals surface area contributed by atoms with E-state index >= 15 is 0 Å². The molecule has 0 unspecified atom stereocenters. The Morgan fingerprint density at radius 3 is 2.00 bits per heavy atom. The van der Waals surface area contributed by atoms with Gasteiger partial charge in [0.15, 0.2) is 18.9 Å². The van der Waals surface area contributed by atoms with Crippen molar-refractivity contribution in [1.29, 1.82) is 0 Å². The van der Waals surface area contributed by atoms with Gasteiger partial charge >= 0.3 is 6.09 Å². The monoisotopic (exact) mass is 532 g/mol. The third kappa shape index (κ3) is 19.8. The summed E-state index contributed by atoms with van der Waals surface area (Å²) in [5.41, 5.74) is 0.290. The second-order valence-electron chi connectivity index (χ2n) is 8.69. The Balaban J connectivity index is 0.0000122. The van der Waals surface area contributed by atoms with E-state index in [0.29, 0.717) is 72.1 Å². The lowest BCUT2D eigenvalue weighted by atomic mass is 10.2. The number of aromatic nitrogens is 1. The van der Waals surface area contributed by atoms with E-state index in [1.807, 2.05) is 37.7 Å². The maximum atomic E-state index is 11.9. The first-order valence-corrected chi connectivity index (χ1v) is 11.9. The molecule has 0 aliphatic carbocycles. The van der Waals surface area contributed by atoms with Crippen LogP contribution in [0, 0.1) is 0 Å². The van der Waals surface area contributed by atoms with Gasteiger partial charge in [0.05, 0.1) is 39.1 Å². The normalized spacial score (nSPS) is 11.2. The van der Waals surface area contributed by atoms with Crippen LogP contribution in [0.5, 0.6) is 0 Å². The van der Waals surface area contributed by atoms with Crippen molar-refractivity contribution in [1.82, 2.24) is 10.6 Å². The number of carbonyl (C=O) groups is 2. The molecule has 206 valence electrons. The van der Waals surface area contributed by atoms with Gasteiger partial charge in [0.25, 0.3) is 0 Å². The van der Waals surface area contributed by atoms with Crippen LogP contribution >= 0.6 is 0 Å². The van der Waals surface area contributed by atoms with E-state index in [2.05, 4.69) is 15.8 Å². The molecule has 11 nitrogen and oxygen atoms in total. The van der Waals surface area contributed by atoms with E-state index in [0.717, 1.165) is 12.0 Å². The lowest BCUT2D eigenvalue weighted by Crippen LogP contribution is -3.00. The zero-order chi connectivity index (χ0) is 25.8. The third-order valence-electron chi connectivity index (χ3n) is 4.39. The van der Waals surface area contributed by atoms with Crippen LogP contribution in [0.25, 0.3) is 0 Å². The Bertz CT molecular complexity index is 743. The maximum absolute atomic E-state index is 11.9. The molecule has 0 bridgehead atoms. The Hall–Kier alpha value is -2.47. The van der Waals surface area contributed by atoms with E-state index in [1.54, 1.807) is 12.1 Å². The molecule has 0 saturated heterocycles. The molecule has 0 aromatic carbocycles. The zero-order valence-electron chi connectivity index (χ0n) is 21.5. The summed E-state index contributed by atoms with van der Waals surface area (Å²) in [6, 6.07) is 3.61. The number of ether oxygens (including phenoxy) is 4. The minimum atomic E-state index is -0.496. The smallest absolute Gasteiger partial charge is 0.407 e. The zero-order valence-corrected chi connectivity index (χ0v) is 22.3. The van der Waals surface area contributed by atoms with E-state index in [9.17, 15) is 9.59 Å². The van der Waals surface area contributed by atoms with Crippen LogP contribution in [0.1, 0.15) is 45.6 Å². The van der Waals surface area contributed by atoms with Crippen molar-refractivity contribution >= 4 is 18.2 Å². The number of hydrogen-bond acceptors (Lipinski definition) is 8. The molecule has 0 atom stereocenters. The standard InChI is InChI=1S/C24H40N4O7.ClH/c1-24(2,3)35-23(30)26-10-5-15-33-17-19-34-18-16-32-14-4-9-25-22(29)8-13-28-11-6-21(7-12-28)20-27-31;/h6-7,11-12,20H,4-5,8-10,13-19H2,1-3H3,(H2,25,26,29,30);1H. The van der Waals surface area contributed by atoms with Crippen LogP contribution in [0.2, 0.25) is 0 Å². The van der Waals surface area contributed by atoms with Gasteiger partial charge in [0.2, 0.25) is 5.91 Å². The third-order valence-corrected chi connectivity index (χ3v) is 4.39. The molecule has 1 heterocycles. The predicted octanol–water partition coefficient (Wildman–Crippen LogP) is -1.35. The van der Waals surface area contributed by atoms with Crippen molar-refractivity contribution in [3.63, 3.8) is 0 Å². The summed E-state index contributed by atoms with van der Waals surface area (Å²) in [5.74, 6) is -0.0116. The van der Waals surface area contributed by atoms with Crippen LogP contribution in [-0.2, 0) is 30.3 Å². The van der Waals surface area contributed by atoms with Gasteiger partial charge in [-0.25, -0.2) is 9.36 Å². The Kier molecular flexibility index (Phi) is 19.3. The topological polar surface area (TPSA) is 132 Å². The summed E-state index contributed by atoms with van der Waals surface area (Å²) in [7, 11) is 0. The Morgan fingerprint density at radius 2 is 1.47 bits per heavy atom. The lowest BCUT2D eigenvalue weighted by Gasteiger charge is -2.19. The number of nitrogens with one attached hydrogen (secondary N) is 2. The molecule has 36 heavy (non-hydrogen) atoms. The first-order valence-electron chi connectivity index (χ1n) is 11.9. The summed E-state index contributed by atoms with van der Waals surface area (Å²) in [5, 5.41) is 17.0. The predicted molar refractivity (Wildman–Crippen MR) is 130 cm³/mol. The number of aryl methyl sites for hydroxylation is 1. The number of carbonyl (C=O) groups excluding carboxylic acids is 2. The molecule has 3 N–H and O–H groups in total. The highest BCUT2D eigenvalue weighted by molar-refractivity contribution is 5.78. The SMILES string of the molecule is CC(C)(C)OC(=O)NCCCOCCOCCOCCCNC(=O)CC[n+]1ccc(/C=N/O)cc1.[Cl-]. The highest BCUT2D eigenvalue weighted by Gasteiger charge is 2.15. The molecule has 0 radical (unpaired) electrons. The van der Waals surface area contributed by atoms with Crippen LogP contribution < -0.4 is 27.6 Å². The molecular formula is C24H41ClN4O7. The van der Waals surface area contributed by atoms with Crippen molar-refractivity contribution in [3.05, 3.63) is 30.1 Å². The number of halogens is 1. The van der Waals surface area contributed by atoms with Crippen LogP contribution in [0.4, 0.5) is 4.79 Å². The van der Waals surface area contributed by atoms with Crippen molar-refractivity contribution in [2.45, 2.75) is 52.2 Å². The quantitative estimate of drug-likeness (QED) is 0.0700. The van der Waals surface area contributed by atoms with Crippen molar-refractivity contribution in [3.8, 4) is 0 Å². The molecule has 0 spiro atoms. The second-order valence-corrected chi connectivity index (χ2v) is 8.69. The number of pyridine rings is 1. The summed E-state index contributed by atoms with van der Waals surface area (Å²) in [6.07, 6.45) is 6.41. The van der Waals surface area contributed by atoms with Gasteiger partial charge in [-0.3, -0.25) is 4.79 Å². The van der Waals surface area contributed by atoms with Crippen LogP contribution in [0.3, 0.4) is 0 Å². The van der Waals surface area contributed by atoms with Gasteiger partial charge in [-0.15, -0.1) is 0 Å². The fourth-order valence-electron chi connectivity index (χ4n) is 2.71. The highest BCUT2D eigenvalue weighted by Crippen LogP contribution is 2.06. The molecule has 1 aromatic rings. The van der Waals surface area contributed by atoms with Gasteiger partial charge in [-0.2, -0.15) is 0 Å². The number of alkyl carbamates (subject to hydrolysis) is 1. The van der Waals surface area contributed by atoms with Gasteiger partial charge < -0.3 is 47.2 Å². The minimum absolute atomic E-state index is 0. The van der Waals surface area contributed by atoms with Crippen molar-refractivity contribution in [2.75, 3.05) is 52.7 Å². The number of oxime groups is 1. The minimum Gasteiger partial charge on any atom is -1.00 e. The molecule has 1 rings (SSSR count). The Labute approximate surface area is 219 Å². The number of hydrogen-bond donors (Lipinski definition) is 3. The average molecular weight is 533 g/mol. The Morgan fingerprint density at radius 1 is 0.944 bits per heavy atom. The molecule has 0 saturated carbocycles. The largest absolute Gasteiger partial charge is 1.00 e. The summed E-state index contributed by atoms with van der Waals surface area (Å²) >= 11 is 0. The molecule has 1 aromatic heterocycles. The fraction of sp³-hybridized carbons (Fsp3) is 0.667. The van der Waals surface area contributed by atoms with E-state index < -0.39 is 11.7 Å². The van der Waals surface area contributed by atoms with Gasteiger partial charge in [0.1, 0.15) is 5.60 Å². The summed E-state index contributed by atoms with van der Waals surface area (Å²) in [6.45, 7) is 10.1. The first-order chi connectivity index (χ1) is 16.8. The lowest BCUT2D eigenvalue weighted by molar-refractivity contribution is -0.695. The fourth-order valence-corrected chi connectivity index (χ4v) is 2.71. The maximum Gasteiger partial charge on any atom is 0.407 e. The van der Waals surface area contributed by atoms with E-state index in [-0.39, 0.29) is 18.3 Å². The van der Waals surface area contributed by atoms with Crippen LogP contribution in [0.15, 0.2) is 29.7 Å². The molecular weight excluding hydrogens is 492 g/mol. The van der Waals surface area contributed by atoms with Crippen molar-refractivity contribution in [2.24, 2.45) is 5.16 Å². The first kappa shape index (κ1) is 33.5. The molecule has 0 fully saturated rings. The van der Waals surface area contributed by atoms with Gasteiger partial charge in [0, 0.05) is 44.0 Å².